The average molecular weight is 267 g/mol. The van der Waals surface area contributed by atoms with Crippen LogP contribution in [-0.4, -0.2) is 48.7 Å². The van der Waals surface area contributed by atoms with E-state index < -0.39 is 0 Å². The molecule has 100 valence electrons. The van der Waals surface area contributed by atoms with E-state index in [4.69, 9.17) is 4.74 Å². The number of hydrogen-bond acceptors (Lipinski definition) is 4. The number of aliphatic hydroxyl groups excluding tert-OH is 1. The summed E-state index contributed by atoms with van der Waals surface area (Å²) in [5, 5.41) is 9.62. The lowest BCUT2D eigenvalue weighted by molar-refractivity contribution is 0.00258. The fourth-order valence-corrected chi connectivity index (χ4v) is 2.94. The van der Waals surface area contributed by atoms with Gasteiger partial charge in [-0.2, -0.15) is 0 Å². The van der Waals surface area contributed by atoms with Crippen molar-refractivity contribution in [3.8, 4) is 0 Å². The van der Waals surface area contributed by atoms with Gasteiger partial charge in [-0.05, 0) is 23.4 Å². The largest absolute Gasteiger partial charge is 0.394 e. The minimum atomic E-state index is 0.106. The second kappa shape index (κ2) is 7.14. The van der Waals surface area contributed by atoms with Gasteiger partial charge in [-0.3, -0.25) is 4.90 Å². The van der Waals surface area contributed by atoms with Crippen LogP contribution in [0.25, 0.3) is 0 Å². The molecule has 1 aromatic carbocycles. The molecule has 2 rings (SSSR count). The lowest BCUT2D eigenvalue weighted by Crippen LogP contribution is -2.40. The van der Waals surface area contributed by atoms with Gasteiger partial charge in [0.2, 0.25) is 0 Å². The molecule has 1 heterocycles. The van der Waals surface area contributed by atoms with Crippen LogP contribution < -0.4 is 0 Å². The highest BCUT2D eigenvalue weighted by Gasteiger charge is 2.21. The number of aliphatic hydroxyl groups is 1. The molecule has 4 heteroatoms. The summed E-state index contributed by atoms with van der Waals surface area (Å²) in [4.78, 5) is 3.59. The Kier molecular flexibility index (Phi) is 5.50. The van der Waals surface area contributed by atoms with Gasteiger partial charge in [-0.25, -0.2) is 0 Å². The van der Waals surface area contributed by atoms with Crippen molar-refractivity contribution < 1.29 is 9.84 Å². The number of ether oxygens (including phenoxy) is 1. The van der Waals surface area contributed by atoms with Gasteiger partial charge >= 0.3 is 0 Å². The van der Waals surface area contributed by atoms with Crippen molar-refractivity contribution in [2.75, 3.05) is 38.7 Å². The Labute approximate surface area is 113 Å². The van der Waals surface area contributed by atoms with E-state index in [0.29, 0.717) is 0 Å². The van der Waals surface area contributed by atoms with Crippen molar-refractivity contribution in [3.63, 3.8) is 0 Å². The summed E-state index contributed by atoms with van der Waals surface area (Å²) in [5.41, 5.74) is 1.19. The van der Waals surface area contributed by atoms with E-state index in [1.54, 1.807) is 0 Å². The molecule has 1 aromatic rings. The molecule has 18 heavy (non-hydrogen) atoms. The van der Waals surface area contributed by atoms with Crippen molar-refractivity contribution in [1.82, 2.24) is 4.90 Å². The minimum absolute atomic E-state index is 0.106. The molecule has 0 radical (unpaired) electrons. The predicted molar refractivity (Wildman–Crippen MR) is 75.1 cm³/mol. The number of nitrogens with zero attached hydrogens (tertiary/aromatic N) is 1. The molecule has 1 atom stereocenters. The molecule has 0 spiro atoms. The standard InChI is InChI=1S/C14H21NO2S/c1-2-18-13-5-3-12(4-6-13)14(11-16)15-7-9-17-10-8-15/h3-6,14,16H,2,7-11H2,1H3. The fraction of sp³-hybridized carbons (Fsp3) is 0.571. The van der Waals surface area contributed by atoms with E-state index in [1.807, 2.05) is 11.8 Å². The molecule has 1 aliphatic heterocycles. The maximum Gasteiger partial charge on any atom is 0.0628 e. The fourth-order valence-electron chi connectivity index (χ4n) is 2.27. The van der Waals surface area contributed by atoms with Crippen LogP contribution in [0.2, 0.25) is 0 Å². The van der Waals surface area contributed by atoms with Crippen molar-refractivity contribution in [1.29, 1.82) is 0 Å². The van der Waals surface area contributed by atoms with Gasteiger partial charge in [0.05, 0.1) is 25.9 Å². The van der Waals surface area contributed by atoms with E-state index in [1.165, 1.54) is 10.5 Å². The quantitative estimate of drug-likeness (QED) is 0.829. The first kappa shape index (κ1) is 13.9. The SMILES string of the molecule is CCSc1ccc(C(CO)N2CCOCC2)cc1. The van der Waals surface area contributed by atoms with Crippen LogP contribution in [0.1, 0.15) is 18.5 Å². The molecule has 0 bridgehead atoms. The highest BCUT2D eigenvalue weighted by molar-refractivity contribution is 7.99. The summed E-state index contributed by atoms with van der Waals surface area (Å²) < 4.78 is 5.35. The predicted octanol–water partition coefficient (Wildman–Crippen LogP) is 2.16. The Morgan fingerprint density at radius 1 is 1.28 bits per heavy atom. The maximum atomic E-state index is 9.62. The van der Waals surface area contributed by atoms with Gasteiger partial charge in [0, 0.05) is 18.0 Å². The lowest BCUT2D eigenvalue weighted by atomic mass is 10.1. The molecule has 0 aromatic heterocycles. The first-order chi connectivity index (χ1) is 8.85. The molecule has 0 aliphatic carbocycles. The average Bonchev–Trinajstić information content (AvgIpc) is 2.43. The van der Waals surface area contributed by atoms with Crippen molar-refractivity contribution in [3.05, 3.63) is 29.8 Å². The van der Waals surface area contributed by atoms with Gasteiger partial charge < -0.3 is 9.84 Å². The van der Waals surface area contributed by atoms with E-state index >= 15 is 0 Å². The van der Waals surface area contributed by atoms with E-state index in [-0.39, 0.29) is 12.6 Å². The number of benzene rings is 1. The third kappa shape index (κ3) is 3.48. The Balaban J connectivity index is 2.06. The molecule has 1 unspecified atom stereocenters. The lowest BCUT2D eigenvalue weighted by Gasteiger charge is -2.33. The summed E-state index contributed by atoms with van der Waals surface area (Å²) in [6.45, 7) is 5.65. The first-order valence-electron chi connectivity index (χ1n) is 6.50. The number of hydrogen-bond donors (Lipinski definition) is 1. The smallest absolute Gasteiger partial charge is 0.0628 e. The van der Waals surface area contributed by atoms with Crippen LogP contribution in [0.5, 0.6) is 0 Å². The molecule has 0 amide bonds. The zero-order chi connectivity index (χ0) is 12.8. The van der Waals surface area contributed by atoms with Crippen LogP contribution in [0.3, 0.4) is 0 Å². The molecular formula is C14H21NO2S. The zero-order valence-electron chi connectivity index (χ0n) is 10.8. The molecule has 1 aliphatic rings. The number of morpholine rings is 1. The minimum Gasteiger partial charge on any atom is -0.394 e. The van der Waals surface area contributed by atoms with Crippen LogP contribution in [0.15, 0.2) is 29.2 Å². The van der Waals surface area contributed by atoms with Gasteiger partial charge in [0.1, 0.15) is 0 Å². The van der Waals surface area contributed by atoms with Crippen LogP contribution in [-0.2, 0) is 4.74 Å². The maximum absolute atomic E-state index is 9.62. The monoisotopic (exact) mass is 267 g/mol. The normalized spacial score (nSPS) is 18.8. The topological polar surface area (TPSA) is 32.7 Å². The summed E-state index contributed by atoms with van der Waals surface area (Å²) in [5.74, 6) is 1.09. The molecule has 3 nitrogen and oxygen atoms in total. The first-order valence-corrected chi connectivity index (χ1v) is 7.49. The molecule has 1 fully saturated rings. The number of rotatable bonds is 5. The molecule has 0 saturated carbocycles. The Bertz CT molecular complexity index is 349. The molecular weight excluding hydrogens is 246 g/mol. The molecule has 1 saturated heterocycles. The van der Waals surface area contributed by atoms with Gasteiger partial charge in [-0.15, -0.1) is 11.8 Å². The highest BCUT2D eigenvalue weighted by Crippen LogP contribution is 2.24. The third-order valence-corrected chi connectivity index (χ3v) is 4.13. The zero-order valence-corrected chi connectivity index (χ0v) is 11.7. The Morgan fingerprint density at radius 3 is 2.50 bits per heavy atom. The Hall–Kier alpha value is -0.550. The van der Waals surface area contributed by atoms with Crippen molar-refractivity contribution in [2.45, 2.75) is 17.9 Å². The van der Waals surface area contributed by atoms with E-state index in [2.05, 4.69) is 36.1 Å². The highest BCUT2D eigenvalue weighted by atomic mass is 32.2. The second-order valence-corrected chi connectivity index (χ2v) is 5.69. The summed E-state index contributed by atoms with van der Waals surface area (Å²) in [6, 6.07) is 8.66. The van der Waals surface area contributed by atoms with Gasteiger partial charge in [0.15, 0.2) is 0 Å². The summed E-state index contributed by atoms with van der Waals surface area (Å²) in [6.07, 6.45) is 0. The Morgan fingerprint density at radius 2 is 1.94 bits per heavy atom. The van der Waals surface area contributed by atoms with Gasteiger partial charge in [0.25, 0.3) is 0 Å². The van der Waals surface area contributed by atoms with Crippen molar-refractivity contribution in [2.24, 2.45) is 0 Å². The van der Waals surface area contributed by atoms with E-state index in [0.717, 1.165) is 32.1 Å². The third-order valence-electron chi connectivity index (χ3n) is 3.24. The van der Waals surface area contributed by atoms with Gasteiger partial charge in [-0.1, -0.05) is 19.1 Å². The van der Waals surface area contributed by atoms with Crippen LogP contribution in [0.4, 0.5) is 0 Å². The van der Waals surface area contributed by atoms with E-state index in [9.17, 15) is 5.11 Å². The van der Waals surface area contributed by atoms with Crippen LogP contribution >= 0.6 is 11.8 Å². The van der Waals surface area contributed by atoms with Crippen LogP contribution in [0, 0.1) is 0 Å². The second-order valence-electron chi connectivity index (χ2n) is 4.35. The summed E-state index contributed by atoms with van der Waals surface area (Å²) >= 11 is 1.84. The molecule has 1 N–H and O–H groups in total. The summed E-state index contributed by atoms with van der Waals surface area (Å²) in [7, 11) is 0. The number of thioether (sulfide) groups is 1. The van der Waals surface area contributed by atoms with Crippen molar-refractivity contribution >= 4 is 11.8 Å².